The summed E-state index contributed by atoms with van der Waals surface area (Å²) in [5.41, 5.74) is 4.83. The number of hydrogen-bond donors (Lipinski definition) is 1. The van der Waals surface area contributed by atoms with Crippen LogP contribution in [0.1, 0.15) is 25.8 Å². The van der Waals surface area contributed by atoms with Gasteiger partial charge in [0.2, 0.25) is 10.0 Å². The van der Waals surface area contributed by atoms with Crippen molar-refractivity contribution in [2.75, 3.05) is 13.1 Å². The minimum Gasteiger partial charge on any atom is -0.326 e. The van der Waals surface area contributed by atoms with Crippen molar-refractivity contribution < 1.29 is 17.2 Å². The SMILES string of the molecule is CCCN(CC)S(=O)(=O)c1ccc(F)c(CN)c1F. The molecule has 0 heterocycles. The van der Waals surface area contributed by atoms with E-state index in [-0.39, 0.29) is 19.6 Å². The first-order valence-corrected chi connectivity index (χ1v) is 7.51. The third kappa shape index (κ3) is 3.10. The Morgan fingerprint density at radius 2 is 1.89 bits per heavy atom. The van der Waals surface area contributed by atoms with Crippen molar-refractivity contribution in [2.45, 2.75) is 31.7 Å². The summed E-state index contributed by atoms with van der Waals surface area (Å²) >= 11 is 0. The largest absolute Gasteiger partial charge is 0.326 e. The van der Waals surface area contributed by atoms with Gasteiger partial charge in [-0.3, -0.25) is 0 Å². The van der Waals surface area contributed by atoms with Crippen LogP contribution in [0.15, 0.2) is 17.0 Å². The van der Waals surface area contributed by atoms with Gasteiger partial charge in [-0.1, -0.05) is 13.8 Å². The van der Waals surface area contributed by atoms with E-state index in [0.717, 1.165) is 16.4 Å². The van der Waals surface area contributed by atoms with E-state index in [2.05, 4.69) is 0 Å². The van der Waals surface area contributed by atoms with Crippen LogP contribution in [0.2, 0.25) is 0 Å². The van der Waals surface area contributed by atoms with Gasteiger partial charge in [0.05, 0.1) is 0 Å². The van der Waals surface area contributed by atoms with Crippen LogP contribution >= 0.6 is 0 Å². The molecule has 0 aliphatic rings. The highest BCUT2D eigenvalue weighted by atomic mass is 32.2. The molecule has 0 amide bonds. The fourth-order valence-corrected chi connectivity index (χ4v) is 3.43. The third-order valence-electron chi connectivity index (χ3n) is 2.80. The summed E-state index contributed by atoms with van der Waals surface area (Å²) in [5.74, 6) is -1.94. The maximum absolute atomic E-state index is 14.0. The van der Waals surface area contributed by atoms with Crippen molar-refractivity contribution in [2.24, 2.45) is 5.73 Å². The van der Waals surface area contributed by atoms with Crippen LogP contribution in [0.25, 0.3) is 0 Å². The normalized spacial score (nSPS) is 12.1. The van der Waals surface area contributed by atoms with Crippen LogP contribution in [-0.2, 0) is 16.6 Å². The Bertz CT molecular complexity index is 547. The maximum atomic E-state index is 14.0. The Morgan fingerprint density at radius 1 is 1.26 bits per heavy atom. The number of rotatable bonds is 6. The molecule has 0 spiro atoms. The van der Waals surface area contributed by atoms with Crippen molar-refractivity contribution in [1.82, 2.24) is 4.31 Å². The monoisotopic (exact) mass is 292 g/mol. The standard InChI is InChI=1S/C12H18F2N2O2S/c1-3-7-16(4-2)19(17,18)11-6-5-10(13)9(8-15)12(11)14/h5-6H,3-4,7-8,15H2,1-2H3. The molecular formula is C12H18F2N2O2S. The Kier molecular flexibility index (Phi) is 5.39. The Balaban J connectivity index is 3.37. The summed E-state index contributed by atoms with van der Waals surface area (Å²) in [7, 11) is -3.96. The molecule has 0 unspecified atom stereocenters. The predicted molar refractivity (Wildman–Crippen MR) is 69.0 cm³/mol. The Morgan fingerprint density at radius 3 is 2.37 bits per heavy atom. The average Bonchev–Trinajstić information content (AvgIpc) is 2.35. The van der Waals surface area contributed by atoms with Gasteiger partial charge in [-0.25, -0.2) is 17.2 Å². The molecule has 0 radical (unpaired) electrons. The molecule has 2 N–H and O–H groups in total. The predicted octanol–water partition coefficient (Wildman–Crippen LogP) is 1.84. The smallest absolute Gasteiger partial charge is 0.245 e. The molecule has 1 aromatic rings. The molecule has 4 nitrogen and oxygen atoms in total. The first kappa shape index (κ1) is 16.0. The van der Waals surface area contributed by atoms with Crippen LogP contribution in [-0.4, -0.2) is 25.8 Å². The van der Waals surface area contributed by atoms with Gasteiger partial charge in [0.25, 0.3) is 0 Å². The first-order valence-electron chi connectivity index (χ1n) is 6.07. The quantitative estimate of drug-likeness (QED) is 0.870. The molecular weight excluding hydrogens is 274 g/mol. The summed E-state index contributed by atoms with van der Waals surface area (Å²) < 4.78 is 53.1. The number of nitrogens with two attached hydrogens (primary N) is 1. The molecule has 7 heteroatoms. The van der Waals surface area contributed by atoms with Crippen LogP contribution in [0.3, 0.4) is 0 Å². The van der Waals surface area contributed by atoms with E-state index in [4.69, 9.17) is 5.73 Å². The summed E-state index contributed by atoms with van der Waals surface area (Å²) in [6, 6.07) is 1.87. The lowest BCUT2D eigenvalue weighted by Gasteiger charge is -2.20. The van der Waals surface area contributed by atoms with Crippen LogP contribution in [0.5, 0.6) is 0 Å². The van der Waals surface area contributed by atoms with E-state index in [1.165, 1.54) is 0 Å². The summed E-state index contributed by atoms with van der Waals surface area (Å²) in [6.07, 6.45) is 0.611. The van der Waals surface area contributed by atoms with Crippen LogP contribution < -0.4 is 5.73 Å². The molecule has 0 aromatic heterocycles. The van der Waals surface area contributed by atoms with Crippen molar-refractivity contribution in [3.05, 3.63) is 29.3 Å². The van der Waals surface area contributed by atoms with E-state index in [1.54, 1.807) is 6.92 Å². The van der Waals surface area contributed by atoms with Gasteiger partial charge in [0.15, 0.2) is 5.82 Å². The zero-order valence-corrected chi connectivity index (χ0v) is 11.8. The summed E-state index contributed by atoms with van der Waals surface area (Å²) in [6.45, 7) is 3.61. The van der Waals surface area contributed by atoms with Gasteiger partial charge < -0.3 is 5.73 Å². The number of hydrogen-bond acceptors (Lipinski definition) is 3. The second-order valence-corrected chi connectivity index (χ2v) is 5.95. The highest BCUT2D eigenvalue weighted by Gasteiger charge is 2.27. The molecule has 0 saturated carbocycles. The summed E-state index contributed by atoms with van der Waals surface area (Å²) in [5, 5.41) is 0. The molecule has 19 heavy (non-hydrogen) atoms. The summed E-state index contributed by atoms with van der Waals surface area (Å²) in [4.78, 5) is -0.523. The van der Waals surface area contributed by atoms with Crippen molar-refractivity contribution in [3.63, 3.8) is 0 Å². The highest BCUT2D eigenvalue weighted by molar-refractivity contribution is 7.89. The minimum atomic E-state index is -3.96. The Hall–Kier alpha value is -1.05. The van der Waals surface area contributed by atoms with Crippen LogP contribution in [0.4, 0.5) is 8.78 Å². The number of halogens is 2. The highest BCUT2D eigenvalue weighted by Crippen LogP contribution is 2.23. The van der Waals surface area contributed by atoms with Crippen molar-refractivity contribution >= 4 is 10.0 Å². The molecule has 0 bridgehead atoms. The zero-order chi connectivity index (χ0) is 14.6. The zero-order valence-electron chi connectivity index (χ0n) is 11.0. The average molecular weight is 292 g/mol. The fraction of sp³-hybridized carbons (Fsp3) is 0.500. The molecule has 0 atom stereocenters. The second-order valence-electron chi connectivity index (χ2n) is 4.04. The van der Waals surface area contributed by atoms with E-state index >= 15 is 0 Å². The maximum Gasteiger partial charge on any atom is 0.245 e. The van der Waals surface area contributed by atoms with Gasteiger partial charge in [-0.2, -0.15) is 4.31 Å². The number of sulfonamides is 1. The van der Waals surface area contributed by atoms with Crippen LogP contribution in [0, 0.1) is 11.6 Å². The third-order valence-corrected chi connectivity index (χ3v) is 4.79. The number of benzene rings is 1. The van der Waals surface area contributed by atoms with Gasteiger partial charge in [-0.05, 0) is 18.6 Å². The van der Waals surface area contributed by atoms with Crippen molar-refractivity contribution in [3.8, 4) is 0 Å². The Labute approximate surface area is 112 Å². The topological polar surface area (TPSA) is 63.4 Å². The molecule has 0 saturated heterocycles. The van der Waals surface area contributed by atoms with Gasteiger partial charge in [0, 0.05) is 25.2 Å². The van der Waals surface area contributed by atoms with E-state index in [9.17, 15) is 17.2 Å². The number of nitrogens with zero attached hydrogens (tertiary/aromatic N) is 1. The van der Waals surface area contributed by atoms with E-state index in [0.29, 0.717) is 6.42 Å². The van der Waals surface area contributed by atoms with Gasteiger partial charge in [0.1, 0.15) is 10.7 Å². The molecule has 1 aromatic carbocycles. The lowest BCUT2D eigenvalue weighted by Crippen LogP contribution is -2.32. The lowest BCUT2D eigenvalue weighted by atomic mass is 10.2. The molecule has 0 fully saturated rings. The fourth-order valence-electron chi connectivity index (χ4n) is 1.80. The van der Waals surface area contributed by atoms with Gasteiger partial charge in [-0.15, -0.1) is 0 Å². The minimum absolute atomic E-state index is 0.227. The lowest BCUT2D eigenvalue weighted by molar-refractivity contribution is 0.421. The van der Waals surface area contributed by atoms with Gasteiger partial charge >= 0.3 is 0 Å². The molecule has 1 rings (SSSR count). The molecule has 0 aliphatic carbocycles. The van der Waals surface area contributed by atoms with E-state index in [1.807, 2.05) is 6.92 Å². The molecule has 0 aliphatic heterocycles. The first-order chi connectivity index (χ1) is 8.89. The second kappa shape index (κ2) is 6.40. The molecule has 108 valence electrons. The van der Waals surface area contributed by atoms with Crippen molar-refractivity contribution in [1.29, 1.82) is 0 Å². The van der Waals surface area contributed by atoms with E-state index < -0.39 is 32.1 Å².